The third kappa shape index (κ3) is 3.27. The minimum atomic E-state index is -0.223. The summed E-state index contributed by atoms with van der Waals surface area (Å²) in [6.07, 6.45) is 1.21. The maximum Gasteiger partial charge on any atom is 0.311 e. The van der Waals surface area contributed by atoms with Gasteiger partial charge in [-0.05, 0) is 31.0 Å². The van der Waals surface area contributed by atoms with Crippen LogP contribution in [-0.4, -0.2) is 13.1 Å². The standard InChI is InChI=1S/C12H16O3/c1-4-5-12(13)15-10-7-6-9(2)8-11(10)14-3/h6-8H,4-5H2,1-3H3. The lowest BCUT2D eigenvalue weighted by Gasteiger charge is -2.09. The number of benzene rings is 1. The molecule has 1 rings (SSSR count). The molecule has 0 radical (unpaired) electrons. The molecule has 0 heterocycles. The van der Waals surface area contributed by atoms with Gasteiger partial charge in [-0.15, -0.1) is 0 Å². The van der Waals surface area contributed by atoms with E-state index in [1.54, 1.807) is 13.2 Å². The molecule has 0 aliphatic carbocycles. The molecule has 3 nitrogen and oxygen atoms in total. The Balaban J connectivity index is 2.80. The summed E-state index contributed by atoms with van der Waals surface area (Å²) in [6, 6.07) is 5.48. The van der Waals surface area contributed by atoms with E-state index in [4.69, 9.17) is 9.47 Å². The van der Waals surface area contributed by atoms with Gasteiger partial charge in [-0.2, -0.15) is 0 Å². The number of rotatable bonds is 4. The SMILES string of the molecule is CCCC(=O)Oc1ccc(C)cc1OC. The van der Waals surface area contributed by atoms with Crippen LogP contribution >= 0.6 is 0 Å². The Kier molecular flexibility index (Phi) is 4.16. The van der Waals surface area contributed by atoms with Gasteiger partial charge >= 0.3 is 5.97 Å². The van der Waals surface area contributed by atoms with Crippen LogP contribution in [0.3, 0.4) is 0 Å². The fourth-order valence-corrected chi connectivity index (χ4v) is 1.24. The van der Waals surface area contributed by atoms with Gasteiger partial charge in [-0.1, -0.05) is 13.0 Å². The van der Waals surface area contributed by atoms with Crippen LogP contribution in [0.1, 0.15) is 25.3 Å². The van der Waals surface area contributed by atoms with Gasteiger partial charge < -0.3 is 9.47 Å². The van der Waals surface area contributed by atoms with Crippen molar-refractivity contribution in [3.8, 4) is 11.5 Å². The molecule has 0 bridgehead atoms. The van der Waals surface area contributed by atoms with Crippen molar-refractivity contribution in [2.45, 2.75) is 26.7 Å². The summed E-state index contributed by atoms with van der Waals surface area (Å²) in [4.78, 5) is 11.3. The van der Waals surface area contributed by atoms with E-state index in [0.29, 0.717) is 17.9 Å². The first-order chi connectivity index (χ1) is 7.17. The number of carbonyl (C=O) groups is 1. The Morgan fingerprint density at radius 2 is 2.07 bits per heavy atom. The highest BCUT2D eigenvalue weighted by atomic mass is 16.6. The molecule has 0 saturated heterocycles. The molecule has 0 fully saturated rings. The summed E-state index contributed by atoms with van der Waals surface area (Å²) >= 11 is 0. The highest BCUT2D eigenvalue weighted by Crippen LogP contribution is 2.28. The number of carbonyl (C=O) groups excluding carboxylic acids is 1. The van der Waals surface area contributed by atoms with E-state index in [1.807, 2.05) is 26.0 Å². The summed E-state index contributed by atoms with van der Waals surface area (Å²) in [5, 5.41) is 0. The third-order valence-electron chi connectivity index (χ3n) is 2.00. The second-order valence-electron chi connectivity index (χ2n) is 3.38. The zero-order valence-corrected chi connectivity index (χ0v) is 9.37. The maximum atomic E-state index is 11.3. The van der Waals surface area contributed by atoms with Crippen LogP contribution in [0, 0.1) is 6.92 Å². The molecule has 0 spiro atoms. The largest absolute Gasteiger partial charge is 0.493 e. The fourth-order valence-electron chi connectivity index (χ4n) is 1.24. The van der Waals surface area contributed by atoms with Gasteiger partial charge in [0, 0.05) is 6.42 Å². The molecule has 0 N–H and O–H groups in total. The molecule has 1 aromatic rings. The number of ether oxygens (including phenoxy) is 2. The fraction of sp³-hybridized carbons (Fsp3) is 0.417. The number of aryl methyl sites for hydroxylation is 1. The van der Waals surface area contributed by atoms with E-state index < -0.39 is 0 Å². The Labute approximate surface area is 90.0 Å². The number of methoxy groups -OCH3 is 1. The summed E-state index contributed by atoms with van der Waals surface area (Å²) in [7, 11) is 1.56. The average Bonchev–Trinajstić information content (AvgIpc) is 2.21. The minimum absolute atomic E-state index is 0.223. The van der Waals surface area contributed by atoms with Crippen LogP contribution in [0.15, 0.2) is 18.2 Å². The zero-order valence-electron chi connectivity index (χ0n) is 9.37. The van der Waals surface area contributed by atoms with Crippen LogP contribution in [0.25, 0.3) is 0 Å². The van der Waals surface area contributed by atoms with Gasteiger partial charge in [0.15, 0.2) is 11.5 Å². The molecular formula is C12H16O3. The minimum Gasteiger partial charge on any atom is -0.493 e. The zero-order chi connectivity index (χ0) is 11.3. The highest BCUT2D eigenvalue weighted by molar-refractivity contribution is 5.73. The van der Waals surface area contributed by atoms with Gasteiger partial charge in [0.05, 0.1) is 7.11 Å². The summed E-state index contributed by atoms with van der Waals surface area (Å²) in [6.45, 7) is 3.90. The summed E-state index contributed by atoms with van der Waals surface area (Å²) < 4.78 is 10.3. The number of hydrogen-bond donors (Lipinski definition) is 0. The summed E-state index contributed by atoms with van der Waals surface area (Å²) in [5.74, 6) is 0.862. The van der Waals surface area contributed by atoms with Crippen LogP contribution in [0.2, 0.25) is 0 Å². The van der Waals surface area contributed by atoms with Crippen LogP contribution in [0.5, 0.6) is 11.5 Å². The van der Waals surface area contributed by atoms with E-state index in [0.717, 1.165) is 12.0 Å². The van der Waals surface area contributed by atoms with Crippen molar-refractivity contribution in [1.29, 1.82) is 0 Å². The third-order valence-corrected chi connectivity index (χ3v) is 2.00. The van der Waals surface area contributed by atoms with Gasteiger partial charge in [0.2, 0.25) is 0 Å². The van der Waals surface area contributed by atoms with Crippen molar-refractivity contribution in [3.05, 3.63) is 23.8 Å². The molecular weight excluding hydrogens is 192 g/mol. The number of esters is 1. The molecule has 0 aliphatic heterocycles. The molecule has 1 aromatic carbocycles. The van der Waals surface area contributed by atoms with E-state index in [-0.39, 0.29) is 5.97 Å². The van der Waals surface area contributed by atoms with E-state index in [9.17, 15) is 4.79 Å². The molecule has 0 aromatic heterocycles. The molecule has 82 valence electrons. The Morgan fingerprint density at radius 1 is 1.33 bits per heavy atom. The maximum absolute atomic E-state index is 11.3. The molecule has 0 aliphatic rings. The highest BCUT2D eigenvalue weighted by Gasteiger charge is 2.08. The van der Waals surface area contributed by atoms with Crippen molar-refractivity contribution in [2.24, 2.45) is 0 Å². The lowest BCUT2D eigenvalue weighted by Crippen LogP contribution is -2.07. The Morgan fingerprint density at radius 3 is 2.67 bits per heavy atom. The van der Waals surface area contributed by atoms with E-state index >= 15 is 0 Å². The first-order valence-electron chi connectivity index (χ1n) is 5.02. The van der Waals surface area contributed by atoms with Crippen molar-refractivity contribution in [3.63, 3.8) is 0 Å². The van der Waals surface area contributed by atoms with Crippen molar-refractivity contribution < 1.29 is 14.3 Å². The monoisotopic (exact) mass is 208 g/mol. The molecule has 15 heavy (non-hydrogen) atoms. The van der Waals surface area contributed by atoms with Gasteiger partial charge in [-0.25, -0.2) is 0 Å². The molecule has 0 unspecified atom stereocenters. The topological polar surface area (TPSA) is 35.5 Å². The van der Waals surface area contributed by atoms with Gasteiger partial charge in [0.1, 0.15) is 0 Å². The molecule has 3 heteroatoms. The van der Waals surface area contributed by atoms with Gasteiger partial charge in [-0.3, -0.25) is 4.79 Å². The molecule has 0 atom stereocenters. The van der Waals surface area contributed by atoms with Crippen LogP contribution < -0.4 is 9.47 Å². The number of hydrogen-bond acceptors (Lipinski definition) is 3. The Bertz CT molecular complexity index is 345. The van der Waals surface area contributed by atoms with Gasteiger partial charge in [0.25, 0.3) is 0 Å². The second kappa shape index (κ2) is 5.39. The van der Waals surface area contributed by atoms with E-state index in [2.05, 4.69) is 0 Å². The average molecular weight is 208 g/mol. The molecule has 0 saturated carbocycles. The first-order valence-corrected chi connectivity index (χ1v) is 5.02. The predicted octanol–water partition coefficient (Wildman–Crippen LogP) is 2.71. The summed E-state index contributed by atoms with van der Waals surface area (Å²) in [5.41, 5.74) is 1.07. The molecule has 0 amide bonds. The van der Waals surface area contributed by atoms with Crippen LogP contribution in [-0.2, 0) is 4.79 Å². The smallest absolute Gasteiger partial charge is 0.311 e. The first kappa shape index (κ1) is 11.6. The normalized spacial score (nSPS) is 9.80. The van der Waals surface area contributed by atoms with Crippen molar-refractivity contribution >= 4 is 5.97 Å². The van der Waals surface area contributed by atoms with E-state index in [1.165, 1.54) is 0 Å². The Hall–Kier alpha value is -1.51. The van der Waals surface area contributed by atoms with Crippen molar-refractivity contribution in [1.82, 2.24) is 0 Å². The van der Waals surface area contributed by atoms with Crippen LogP contribution in [0.4, 0.5) is 0 Å². The quantitative estimate of drug-likeness (QED) is 0.563. The lowest BCUT2D eigenvalue weighted by atomic mass is 10.2. The van der Waals surface area contributed by atoms with Crippen molar-refractivity contribution in [2.75, 3.05) is 7.11 Å². The lowest BCUT2D eigenvalue weighted by molar-refractivity contribution is -0.134. The second-order valence-corrected chi connectivity index (χ2v) is 3.38. The predicted molar refractivity (Wildman–Crippen MR) is 58.3 cm³/mol.